The van der Waals surface area contributed by atoms with Gasteiger partial charge in [-0.05, 0) is 6.42 Å². The van der Waals surface area contributed by atoms with Crippen LogP contribution in [0.5, 0.6) is 0 Å². The fraction of sp³-hybridized carbons (Fsp3) is 0.909. The molecule has 0 saturated heterocycles. The Labute approximate surface area is 97.2 Å². The lowest BCUT2D eigenvalue weighted by atomic mass is 10.1. The number of ketones is 1. The van der Waals surface area contributed by atoms with Gasteiger partial charge in [0, 0.05) is 18.7 Å². The van der Waals surface area contributed by atoms with Crippen molar-refractivity contribution in [1.29, 1.82) is 0 Å². The number of Topliss-reactive ketones (excluding diaryl/α,β-unsaturated/α-hetero) is 1. The van der Waals surface area contributed by atoms with Gasteiger partial charge in [0.2, 0.25) is 0 Å². The number of hydrogen-bond acceptors (Lipinski definition) is 1. The van der Waals surface area contributed by atoms with Crippen LogP contribution in [-0.4, -0.2) is 17.0 Å². The van der Waals surface area contributed by atoms with E-state index in [0.717, 1.165) is 12.8 Å². The quantitative estimate of drug-likeness (QED) is 0.436. The summed E-state index contributed by atoms with van der Waals surface area (Å²) >= 11 is 11.3. The SMILES string of the molecule is CCCCCCCC(=O)CC(Cl)CCl. The van der Waals surface area contributed by atoms with Crippen LogP contribution < -0.4 is 0 Å². The van der Waals surface area contributed by atoms with Crippen LogP contribution in [0.1, 0.15) is 51.9 Å². The van der Waals surface area contributed by atoms with Crippen molar-refractivity contribution in [2.24, 2.45) is 0 Å². The maximum atomic E-state index is 11.3. The van der Waals surface area contributed by atoms with Gasteiger partial charge >= 0.3 is 0 Å². The van der Waals surface area contributed by atoms with E-state index in [1.807, 2.05) is 0 Å². The third kappa shape index (κ3) is 8.83. The highest BCUT2D eigenvalue weighted by Crippen LogP contribution is 2.10. The summed E-state index contributed by atoms with van der Waals surface area (Å²) in [5, 5.41) is -0.181. The molecule has 0 amide bonds. The summed E-state index contributed by atoms with van der Waals surface area (Å²) in [4.78, 5) is 11.3. The molecule has 1 atom stereocenters. The highest BCUT2D eigenvalue weighted by molar-refractivity contribution is 6.28. The first-order valence-corrected chi connectivity index (χ1v) is 6.39. The second kappa shape index (κ2) is 9.79. The first-order chi connectivity index (χ1) is 6.70. The molecule has 14 heavy (non-hydrogen) atoms. The smallest absolute Gasteiger partial charge is 0.134 e. The van der Waals surface area contributed by atoms with E-state index in [1.54, 1.807) is 0 Å². The highest BCUT2D eigenvalue weighted by atomic mass is 35.5. The minimum atomic E-state index is -0.181. The molecule has 0 radical (unpaired) electrons. The van der Waals surface area contributed by atoms with Crippen LogP contribution in [0.15, 0.2) is 0 Å². The van der Waals surface area contributed by atoms with Crippen LogP contribution in [0.25, 0.3) is 0 Å². The number of halogens is 2. The van der Waals surface area contributed by atoms with Crippen LogP contribution >= 0.6 is 23.2 Å². The van der Waals surface area contributed by atoms with E-state index >= 15 is 0 Å². The molecule has 0 spiro atoms. The third-order valence-electron chi connectivity index (χ3n) is 2.18. The van der Waals surface area contributed by atoms with Gasteiger partial charge in [0.15, 0.2) is 0 Å². The number of hydrogen-bond donors (Lipinski definition) is 0. The molecule has 0 saturated carbocycles. The predicted octanol–water partition coefficient (Wildman–Crippen LogP) is 4.15. The van der Waals surface area contributed by atoms with Gasteiger partial charge in [-0.1, -0.05) is 32.6 Å². The zero-order chi connectivity index (χ0) is 10.8. The van der Waals surface area contributed by atoms with E-state index in [-0.39, 0.29) is 11.2 Å². The highest BCUT2D eigenvalue weighted by Gasteiger charge is 2.09. The predicted molar refractivity (Wildman–Crippen MR) is 63.4 cm³/mol. The van der Waals surface area contributed by atoms with Crippen LogP contribution in [-0.2, 0) is 4.79 Å². The van der Waals surface area contributed by atoms with E-state index in [9.17, 15) is 4.79 Å². The van der Waals surface area contributed by atoms with Crippen LogP contribution in [0.2, 0.25) is 0 Å². The molecule has 0 aliphatic rings. The van der Waals surface area contributed by atoms with Crippen molar-refractivity contribution < 1.29 is 4.79 Å². The van der Waals surface area contributed by atoms with Gasteiger partial charge in [-0.2, -0.15) is 0 Å². The lowest BCUT2D eigenvalue weighted by Crippen LogP contribution is -2.09. The molecule has 0 aliphatic heterocycles. The fourth-order valence-corrected chi connectivity index (χ4v) is 1.61. The Kier molecular flexibility index (Phi) is 9.97. The van der Waals surface area contributed by atoms with Crippen molar-refractivity contribution in [3.63, 3.8) is 0 Å². The minimum Gasteiger partial charge on any atom is -0.300 e. The van der Waals surface area contributed by atoms with Crippen molar-refractivity contribution in [1.82, 2.24) is 0 Å². The van der Waals surface area contributed by atoms with E-state index in [2.05, 4.69) is 6.92 Å². The fourth-order valence-electron chi connectivity index (χ4n) is 1.33. The summed E-state index contributed by atoms with van der Waals surface area (Å²) in [6, 6.07) is 0. The van der Waals surface area contributed by atoms with E-state index in [0.29, 0.717) is 18.7 Å². The maximum absolute atomic E-state index is 11.3. The summed E-state index contributed by atoms with van der Waals surface area (Å²) in [6.07, 6.45) is 7.02. The Morgan fingerprint density at radius 1 is 1.21 bits per heavy atom. The molecule has 1 nitrogen and oxygen atoms in total. The molecule has 0 heterocycles. The van der Waals surface area contributed by atoms with Gasteiger partial charge in [-0.3, -0.25) is 4.79 Å². The van der Waals surface area contributed by atoms with Gasteiger partial charge in [-0.15, -0.1) is 23.2 Å². The van der Waals surface area contributed by atoms with Crippen LogP contribution in [0, 0.1) is 0 Å². The molecule has 1 unspecified atom stereocenters. The standard InChI is InChI=1S/C11H20Cl2O/c1-2-3-4-5-6-7-11(14)8-10(13)9-12/h10H,2-9H2,1H3. The number of unbranched alkanes of at least 4 members (excludes halogenated alkanes) is 4. The van der Waals surface area contributed by atoms with E-state index < -0.39 is 0 Å². The Morgan fingerprint density at radius 3 is 2.43 bits per heavy atom. The molecule has 0 fully saturated rings. The second-order valence-electron chi connectivity index (χ2n) is 3.66. The van der Waals surface area contributed by atoms with E-state index in [1.165, 1.54) is 19.3 Å². The van der Waals surface area contributed by atoms with Crippen molar-refractivity contribution in [3.05, 3.63) is 0 Å². The Hall–Kier alpha value is 0.250. The van der Waals surface area contributed by atoms with Crippen LogP contribution in [0.3, 0.4) is 0 Å². The molecule has 0 aromatic carbocycles. The van der Waals surface area contributed by atoms with Crippen molar-refractivity contribution in [2.45, 2.75) is 57.2 Å². The Morgan fingerprint density at radius 2 is 1.86 bits per heavy atom. The summed E-state index contributed by atoms with van der Waals surface area (Å²) < 4.78 is 0. The summed E-state index contributed by atoms with van der Waals surface area (Å²) in [5.74, 6) is 0.616. The Balaban J connectivity index is 3.27. The van der Waals surface area contributed by atoms with Gasteiger partial charge in [0.05, 0.1) is 5.38 Å². The zero-order valence-corrected chi connectivity index (χ0v) is 10.4. The topological polar surface area (TPSA) is 17.1 Å². The normalized spacial score (nSPS) is 12.8. The molecule has 3 heteroatoms. The minimum absolute atomic E-state index is 0.181. The molecule has 0 bridgehead atoms. The third-order valence-corrected chi connectivity index (χ3v) is 3.01. The van der Waals surface area contributed by atoms with Gasteiger partial charge < -0.3 is 0 Å². The summed E-state index contributed by atoms with van der Waals surface area (Å²) in [6.45, 7) is 2.18. The van der Waals surface area contributed by atoms with Crippen LogP contribution in [0.4, 0.5) is 0 Å². The lowest BCUT2D eigenvalue weighted by Gasteiger charge is -2.04. The van der Waals surface area contributed by atoms with E-state index in [4.69, 9.17) is 23.2 Å². The first kappa shape index (κ1) is 14.2. The molecule has 0 N–H and O–H groups in total. The molecular formula is C11H20Cl2O. The monoisotopic (exact) mass is 238 g/mol. The lowest BCUT2D eigenvalue weighted by molar-refractivity contribution is -0.119. The maximum Gasteiger partial charge on any atom is 0.134 e. The van der Waals surface area contributed by atoms with Crippen molar-refractivity contribution in [2.75, 3.05) is 5.88 Å². The van der Waals surface area contributed by atoms with Gasteiger partial charge in [0.25, 0.3) is 0 Å². The second-order valence-corrected chi connectivity index (χ2v) is 4.58. The van der Waals surface area contributed by atoms with Gasteiger partial charge in [-0.25, -0.2) is 0 Å². The average Bonchev–Trinajstić information content (AvgIpc) is 2.17. The zero-order valence-electron chi connectivity index (χ0n) is 8.90. The van der Waals surface area contributed by atoms with Crippen molar-refractivity contribution in [3.8, 4) is 0 Å². The molecular weight excluding hydrogens is 219 g/mol. The first-order valence-electron chi connectivity index (χ1n) is 5.42. The number of alkyl halides is 2. The molecule has 84 valence electrons. The molecule has 0 aliphatic carbocycles. The summed E-state index contributed by atoms with van der Waals surface area (Å²) in [7, 11) is 0. The number of carbonyl (C=O) groups is 1. The van der Waals surface area contributed by atoms with Gasteiger partial charge in [0.1, 0.15) is 5.78 Å². The number of carbonyl (C=O) groups excluding carboxylic acids is 1. The summed E-state index contributed by atoms with van der Waals surface area (Å²) in [5.41, 5.74) is 0. The van der Waals surface area contributed by atoms with Crippen molar-refractivity contribution >= 4 is 29.0 Å². The largest absolute Gasteiger partial charge is 0.300 e. The molecule has 0 rings (SSSR count). The molecule has 0 aromatic heterocycles. The average molecular weight is 239 g/mol. The molecule has 0 aromatic rings. The Bertz CT molecular complexity index is 148. The number of rotatable bonds is 9.